The van der Waals surface area contributed by atoms with Gasteiger partial charge in [0, 0.05) is 12.6 Å². The Morgan fingerprint density at radius 2 is 1.56 bits per heavy atom. The zero-order chi connectivity index (χ0) is 31.0. The summed E-state index contributed by atoms with van der Waals surface area (Å²) in [6.45, 7) is 7.47. The lowest BCUT2D eigenvalue weighted by atomic mass is 9.95. The predicted molar refractivity (Wildman–Crippen MR) is 173 cm³/mol. The average Bonchev–Trinajstić information content (AvgIpc) is 3.00. The third-order valence-electron chi connectivity index (χ3n) is 8.55. The maximum atomic E-state index is 14.3. The molecule has 0 heterocycles. The van der Waals surface area contributed by atoms with E-state index < -0.39 is 28.5 Å². The Labute approximate surface area is 257 Å². The van der Waals surface area contributed by atoms with Gasteiger partial charge in [-0.15, -0.1) is 0 Å². The molecule has 1 aliphatic carbocycles. The monoisotopic (exact) mass is 603 g/mol. The number of anilines is 1. The Hall–Kier alpha value is -3.65. The molecule has 0 unspecified atom stereocenters. The molecule has 0 saturated heterocycles. The van der Waals surface area contributed by atoms with Crippen LogP contribution in [-0.4, -0.2) is 50.3 Å². The molecule has 230 valence electrons. The topological polar surface area (TPSA) is 86.8 Å². The molecule has 0 radical (unpaired) electrons. The first-order chi connectivity index (χ1) is 20.6. The van der Waals surface area contributed by atoms with Crippen molar-refractivity contribution in [1.29, 1.82) is 0 Å². The number of nitrogens with zero attached hydrogens (tertiary/aromatic N) is 2. The van der Waals surface area contributed by atoms with Crippen molar-refractivity contribution in [2.24, 2.45) is 0 Å². The van der Waals surface area contributed by atoms with Crippen LogP contribution in [-0.2, 0) is 26.0 Å². The largest absolute Gasteiger partial charge is 0.352 e. The van der Waals surface area contributed by atoms with Crippen molar-refractivity contribution in [3.8, 4) is 0 Å². The molecule has 3 aromatic carbocycles. The molecule has 1 saturated carbocycles. The Balaban J connectivity index is 1.70. The first-order valence-corrected chi connectivity index (χ1v) is 16.8. The number of hydrogen-bond acceptors (Lipinski definition) is 4. The number of hydrogen-bond donors (Lipinski definition) is 1. The Kier molecular flexibility index (Phi) is 11.0. The number of amides is 2. The van der Waals surface area contributed by atoms with Crippen molar-refractivity contribution < 1.29 is 18.0 Å². The highest BCUT2D eigenvalue weighted by Gasteiger charge is 2.34. The first-order valence-electron chi connectivity index (χ1n) is 15.4. The summed E-state index contributed by atoms with van der Waals surface area (Å²) in [5, 5.41) is 3.20. The van der Waals surface area contributed by atoms with Gasteiger partial charge in [0.05, 0.1) is 10.6 Å². The molecule has 1 atom stereocenters. The molecule has 43 heavy (non-hydrogen) atoms. The Morgan fingerprint density at radius 3 is 2.21 bits per heavy atom. The van der Waals surface area contributed by atoms with Crippen molar-refractivity contribution in [3.63, 3.8) is 0 Å². The molecule has 0 bridgehead atoms. The van der Waals surface area contributed by atoms with E-state index in [1.165, 1.54) is 10.7 Å². The van der Waals surface area contributed by atoms with Crippen molar-refractivity contribution in [2.75, 3.05) is 17.4 Å². The number of aryl methyl sites for hydroxylation is 2. The van der Waals surface area contributed by atoms with Gasteiger partial charge in [0.15, 0.2) is 0 Å². The normalized spacial score (nSPS) is 14.6. The van der Waals surface area contributed by atoms with Gasteiger partial charge in [0.25, 0.3) is 10.0 Å². The van der Waals surface area contributed by atoms with Crippen LogP contribution in [0.2, 0.25) is 0 Å². The molecule has 7 nitrogen and oxygen atoms in total. The molecule has 0 spiro atoms. The Bertz CT molecular complexity index is 1480. The van der Waals surface area contributed by atoms with Crippen LogP contribution in [0.4, 0.5) is 5.69 Å². The quantitative estimate of drug-likeness (QED) is 0.271. The van der Waals surface area contributed by atoms with E-state index in [0.29, 0.717) is 25.1 Å². The van der Waals surface area contributed by atoms with Crippen LogP contribution in [0.5, 0.6) is 0 Å². The smallest absolute Gasteiger partial charge is 0.264 e. The molecular weight excluding hydrogens is 558 g/mol. The second kappa shape index (κ2) is 14.7. The molecular formula is C35H45N3O4S. The second-order valence-corrected chi connectivity index (χ2v) is 13.5. The van der Waals surface area contributed by atoms with E-state index in [9.17, 15) is 18.0 Å². The molecule has 1 N–H and O–H groups in total. The van der Waals surface area contributed by atoms with E-state index in [2.05, 4.69) is 5.32 Å². The van der Waals surface area contributed by atoms with Crippen molar-refractivity contribution in [1.82, 2.24) is 10.2 Å². The van der Waals surface area contributed by atoms with Gasteiger partial charge in [-0.05, 0) is 81.3 Å². The zero-order valence-corrected chi connectivity index (χ0v) is 26.7. The van der Waals surface area contributed by atoms with Crippen LogP contribution in [0.15, 0.2) is 77.7 Å². The van der Waals surface area contributed by atoms with Gasteiger partial charge in [0.1, 0.15) is 12.6 Å². The van der Waals surface area contributed by atoms with Gasteiger partial charge in [0.2, 0.25) is 11.8 Å². The van der Waals surface area contributed by atoms with E-state index in [-0.39, 0.29) is 16.8 Å². The van der Waals surface area contributed by atoms with Gasteiger partial charge in [-0.1, -0.05) is 86.3 Å². The van der Waals surface area contributed by atoms with Crippen LogP contribution >= 0.6 is 0 Å². The summed E-state index contributed by atoms with van der Waals surface area (Å²) >= 11 is 0. The molecule has 8 heteroatoms. The maximum absolute atomic E-state index is 14.3. The highest BCUT2D eigenvalue weighted by atomic mass is 32.2. The fraction of sp³-hybridized carbons (Fsp3) is 0.429. The lowest BCUT2D eigenvalue weighted by Crippen LogP contribution is -2.54. The van der Waals surface area contributed by atoms with Crippen LogP contribution in [0.1, 0.15) is 67.7 Å². The summed E-state index contributed by atoms with van der Waals surface area (Å²) in [6, 6.07) is 21.4. The maximum Gasteiger partial charge on any atom is 0.264 e. The fourth-order valence-corrected chi connectivity index (χ4v) is 7.27. The van der Waals surface area contributed by atoms with E-state index in [1.807, 2.05) is 64.1 Å². The minimum Gasteiger partial charge on any atom is -0.352 e. The highest BCUT2D eigenvalue weighted by Crippen LogP contribution is 2.29. The van der Waals surface area contributed by atoms with Crippen LogP contribution < -0.4 is 9.62 Å². The lowest BCUT2D eigenvalue weighted by Gasteiger charge is -2.35. The number of sulfonamides is 1. The summed E-state index contributed by atoms with van der Waals surface area (Å²) in [6.07, 6.45) is 6.20. The third kappa shape index (κ3) is 8.05. The van der Waals surface area contributed by atoms with Gasteiger partial charge >= 0.3 is 0 Å². The summed E-state index contributed by atoms with van der Waals surface area (Å²) in [5.41, 5.74) is 4.14. The number of carbonyl (C=O) groups excluding carboxylic acids is 2. The van der Waals surface area contributed by atoms with Crippen LogP contribution in [0.25, 0.3) is 0 Å². The fourth-order valence-electron chi connectivity index (χ4n) is 5.80. The predicted octanol–water partition coefficient (Wildman–Crippen LogP) is 6.11. The molecule has 0 aromatic heterocycles. The first kappa shape index (κ1) is 32.3. The number of benzene rings is 3. The zero-order valence-electron chi connectivity index (χ0n) is 25.9. The molecule has 3 aromatic rings. The number of carbonyl (C=O) groups is 2. The summed E-state index contributed by atoms with van der Waals surface area (Å²) in [5.74, 6) is -0.575. The van der Waals surface area contributed by atoms with E-state index in [4.69, 9.17) is 0 Å². The van der Waals surface area contributed by atoms with E-state index in [0.717, 1.165) is 47.9 Å². The summed E-state index contributed by atoms with van der Waals surface area (Å²) < 4.78 is 29.5. The van der Waals surface area contributed by atoms with Gasteiger partial charge < -0.3 is 10.2 Å². The Morgan fingerprint density at radius 1 is 0.884 bits per heavy atom. The minimum absolute atomic E-state index is 0.106. The van der Waals surface area contributed by atoms with Crippen molar-refractivity contribution in [2.45, 2.75) is 89.6 Å². The van der Waals surface area contributed by atoms with Crippen LogP contribution in [0.3, 0.4) is 0 Å². The molecule has 1 fully saturated rings. The SMILES string of the molecule is CC[C@@H](C(=O)NC1CCCCC1)N(CCc1ccccc1)C(=O)CN(c1cccc(C)c1C)S(=O)(=O)c1ccc(C)cc1. The highest BCUT2D eigenvalue weighted by molar-refractivity contribution is 7.92. The minimum atomic E-state index is -4.10. The molecule has 2 amide bonds. The number of nitrogens with one attached hydrogen (secondary N) is 1. The van der Waals surface area contributed by atoms with Crippen molar-refractivity contribution >= 4 is 27.5 Å². The lowest BCUT2D eigenvalue weighted by molar-refractivity contribution is -0.140. The van der Waals surface area contributed by atoms with E-state index >= 15 is 0 Å². The van der Waals surface area contributed by atoms with Gasteiger partial charge in [-0.25, -0.2) is 8.42 Å². The molecule has 0 aliphatic heterocycles. The number of rotatable bonds is 12. The summed E-state index contributed by atoms with van der Waals surface area (Å²) in [7, 11) is -4.10. The summed E-state index contributed by atoms with van der Waals surface area (Å²) in [4.78, 5) is 29.7. The molecule has 4 rings (SSSR count). The van der Waals surface area contributed by atoms with Gasteiger partial charge in [-0.2, -0.15) is 0 Å². The molecule has 1 aliphatic rings. The standard InChI is InChI=1S/C35H45N3O4S/c1-5-32(35(40)36-30-16-10-7-11-17-30)37(24-23-29-14-8-6-9-15-29)34(39)25-38(33-18-12-13-27(3)28(33)4)43(41,42)31-21-19-26(2)20-22-31/h6,8-9,12-15,18-22,30,32H,5,7,10-11,16-17,23-25H2,1-4H3,(H,36,40)/t32-/m0/s1. The van der Waals surface area contributed by atoms with Crippen molar-refractivity contribution in [3.05, 3.63) is 95.1 Å². The van der Waals surface area contributed by atoms with Gasteiger partial charge in [-0.3, -0.25) is 13.9 Å². The average molecular weight is 604 g/mol. The third-order valence-corrected chi connectivity index (χ3v) is 10.3. The van der Waals surface area contributed by atoms with Crippen LogP contribution in [0, 0.1) is 20.8 Å². The second-order valence-electron chi connectivity index (χ2n) is 11.6. The van der Waals surface area contributed by atoms with E-state index in [1.54, 1.807) is 41.3 Å².